The third-order valence-corrected chi connectivity index (χ3v) is 3.48. The molecule has 0 bridgehead atoms. The van der Waals surface area contributed by atoms with E-state index in [-0.39, 0.29) is 12.5 Å². The Morgan fingerprint density at radius 3 is 3.00 bits per heavy atom. The van der Waals surface area contributed by atoms with Crippen LogP contribution in [0.2, 0.25) is 0 Å². The van der Waals surface area contributed by atoms with Crippen LogP contribution in [0.15, 0.2) is 23.6 Å². The van der Waals surface area contributed by atoms with E-state index in [4.69, 9.17) is 0 Å². The molecule has 1 N–H and O–H groups in total. The molecule has 1 unspecified atom stereocenters. The number of hydrogen-bond donors (Lipinski definition) is 1. The van der Waals surface area contributed by atoms with Crippen LogP contribution in [0.5, 0.6) is 0 Å². The highest BCUT2D eigenvalue weighted by molar-refractivity contribution is 7.10. The van der Waals surface area contributed by atoms with Crippen molar-refractivity contribution in [2.24, 2.45) is 0 Å². The molecule has 1 saturated heterocycles. The molecule has 5 nitrogen and oxygen atoms in total. The number of amides is 3. The fourth-order valence-corrected chi connectivity index (χ4v) is 2.24. The number of piperazine rings is 1. The van der Waals surface area contributed by atoms with E-state index < -0.39 is 17.9 Å². The number of hydrogen-bond acceptors (Lipinski definition) is 4. The second-order valence-electron chi connectivity index (χ2n) is 3.90. The Kier molecular flexibility index (Phi) is 3.57. The molecule has 1 aromatic heterocycles. The minimum atomic E-state index is -0.622. The zero-order valence-corrected chi connectivity index (χ0v) is 10.6. The Balaban J connectivity index is 2.08. The van der Waals surface area contributed by atoms with E-state index in [9.17, 15) is 14.4 Å². The molecule has 94 valence electrons. The van der Waals surface area contributed by atoms with Gasteiger partial charge in [0.05, 0.1) is 0 Å². The lowest BCUT2D eigenvalue weighted by atomic mass is 10.2. The summed E-state index contributed by atoms with van der Waals surface area (Å²) >= 11 is 1.51. The quantitative estimate of drug-likeness (QED) is 0.629. The average Bonchev–Trinajstić information content (AvgIpc) is 2.83. The van der Waals surface area contributed by atoms with Crippen molar-refractivity contribution >= 4 is 35.1 Å². The Bertz CT molecular complexity index is 507. The molecule has 2 heterocycles. The van der Waals surface area contributed by atoms with E-state index in [1.54, 1.807) is 13.0 Å². The molecule has 1 fully saturated rings. The van der Waals surface area contributed by atoms with Gasteiger partial charge in [-0.05, 0) is 24.4 Å². The molecule has 1 aliphatic heterocycles. The minimum absolute atomic E-state index is 0.0828. The van der Waals surface area contributed by atoms with E-state index in [1.807, 2.05) is 17.5 Å². The molecule has 1 atom stereocenters. The Morgan fingerprint density at radius 1 is 1.56 bits per heavy atom. The maximum absolute atomic E-state index is 11.9. The van der Waals surface area contributed by atoms with Crippen molar-refractivity contribution in [2.75, 3.05) is 6.54 Å². The number of thiophene rings is 1. The molecule has 0 spiro atoms. The Labute approximate surface area is 108 Å². The van der Waals surface area contributed by atoms with Crippen molar-refractivity contribution in [1.82, 2.24) is 10.2 Å². The van der Waals surface area contributed by atoms with Crippen molar-refractivity contribution in [1.29, 1.82) is 0 Å². The number of rotatable bonds is 2. The third kappa shape index (κ3) is 2.65. The highest BCUT2D eigenvalue weighted by atomic mass is 32.1. The molecule has 3 amide bonds. The van der Waals surface area contributed by atoms with Gasteiger partial charge in [-0.15, -0.1) is 11.3 Å². The smallest absolute Gasteiger partial charge is 0.249 e. The van der Waals surface area contributed by atoms with E-state index in [2.05, 4.69) is 5.32 Å². The van der Waals surface area contributed by atoms with Gasteiger partial charge in [-0.3, -0.25) is 19.7 Å². The van der Waals surface area contributed by atoms with E-state index in [1.165, 1.54) is 22.3 Å². The van der Waals surface area contributed by atoms with Gasteiger partial charge in [0.15, 0.2) is 0 Å². The standard InChI is InChI=1S/C12H12N2O3S/c1-8-12(17)13-10(15)7-14(8)11(16)5-4-9-3-2-6-18-9/h2-6,8H,7H2,1H3,(H,13,15,17). The maximum atomic E-state index is 11.9. The zero-order valence-electron chi connectivity index (χ0n) is 9.75. The summed E-state index contributed by atoms with van der Waals surface area (Å²) in [7, 11) is 0. The van der Waals surface area contributed by atoms with Gasteiger partial charge < -0.3 is 4.90 Å². The fraction of sp³-hybridized carbons (Fsp3) is 0.250. The van der Waals surface area contributed by atoms with Crippen LogP contribution in [0.25, 0.3) is 6.08 Å². The lowest BCUT2D eigenvalue weighted by Crippen LogP contribution is -2.58. The first-order chi connectivity index (χ1) is 8.58. The summed E-state index contributed by atoms with van der Waals surface area (Å²) in [6.07, 6.45) is 3.06. The predicted octanol–water partition coefficient (Wildman–Crippen LogP) is 0.635. The van der Waals surface area contributed by atoms with Gasteiger partial charge in [-0.1, -0.05) is 6.07 Å². The molecule has 0 aliphatic carbocycles. The molecule has 18 heavy (non-hydrogen) atoms. The number of nitrogens with zero attached hydrogens (tertiary/aromatic N) is 1. The summed E-state index contributed by atoms with van der Waals surface area (Å²) in [6, 6.07) is 3.14. The zero-order chi connectivity index (χ0) is 13.1. The topological polar surface area (TPSA) is 66.5 Å². The molecule has 1 aliphatic rings. The lowest BCUT2D eigenvalue weighted by Gasteiger charge is -2.30. The van der Waals surface area contributed by atoms with Crippen molar-refractivity contribution in [3.63, 3.8) is 0 Å². The molecular weight excluding hydrogens is 252 g/mol. The van der Waals surface area contributed by atoms with Crippen LogP contribution in [0, 0.1) is 0 Å². The summed E-state index contributed by atoms with van der Waals surface area (Å²) < 4.78 is 0. The van der Waals surface area contributed by atoms with Gasteiger partial charge >= 0.3 is 0 Å². The molecule has 2 rings (SSSR count). The fourth-order valence-electron chi connectivity index (χ4n) is 1.62. The van der Waals surface area contributed by atoms with Gasteiger partial charge in [0.1, 0.15) is 12.6 Å². The minimum Gasteiger partial charge on any atom is -0.318 e. The highest BCUT2D eigenvalue weighted by Gasteiger charge is 2.32. The first-order valence-electron chi connectivity index (χ1n) is 5.44. The number of carbonyl (C=O) groups excluding carboxylic acids is 3. The van der Waals surface area contributed by atoms with Crippen molar-refractivity contribution < 1.29 is 14.4 Å². The van der Waals surface area contributed by atoms with E-state index >= 15 is 0 Å². The molecule has 1 aromatic rings. The summed E-state index contributed by atoms with van der Waals surface area (Å²) in [5, 5.41) is 4.10. The number of nitrogens with one attached hydrogen (secondary N) is 1. The SMILES string of the molecule is CC1C(=O)NC(=O)CN1C(=O)C=Cc1cccs1. The molecule has 6 heteroatoms. The Morgan fingerprint density at radius 2 is 2.33 bits per heavy atom. The van der Waals surface area contributed by atoms with Crippen molar-refractivity contribution in [2.45, 2.75) is 13.0 Å². The van der Waals surface area contributed by atoms with E-state index in [0.29, 0.717) is 0 Å². The molecule has 0 aromatic carbocycles. The van der Waals surface area contributed by atoms with Gasteiger partial charge in [0.25, 0.3) is 0 Å². The lowest BCUT2D eigenvalue weighted by molar-refractivity contribution is -0.147. The first-order valence-corrected chi connectivity index (χ1v) is 6.32. The highest BCUT2D eigenvalue weighted by Crippen LogP contribution is 2.12. The van der Waals surface area contributed by atoms with Gasteiger partial charge in [0.2, 0.25) is 17.7 Å². The maximum Gasteiger partial charge on any atom is 0.249 e. The van der Waals surface area contributed by atoms with Gasteiger partial charge in [0, 0.05) is 11.0 Å². The van der Waals surface area contributed by atoms with Crippen molar-refractivity contribution in [3.8, 4) is 0 Å². The van der Waals surface area contributed by atoms with Crippen LogP contribution in [-0.2, 0) is 14.4 Å². The average molecular weight is 264 g/mol. The first kappa shape index (κ1) is 12.5. The monoisotopic (exact) mass is 264 g/mol. The second kappa shape index (κ2) is 5.14. The largest absolute Gasteiger partial charge is 0.318 e. The van der Waals surface area contributed by atoms with Gasteiger partial charge in [-0.2, -0.15) is 0 Å². The normalized spacial score (nSPS) is 20.3. The number of imide groups is 1. The van der Waals surface area contributed by atoms with Crippen LogP contribution in [0.4, 0.5) is 0 Å². The van der Waals surface area contributed by atoms with Crippen LogP contribution >= 0.6 is 11.3 Å². The molecule has 0 radical (unpaired) electrons. The second-order valence-corrected chi connectivity index (χ2v) is 4.88. The van der Waals surface area contributed by atoms with E-state index in [0.717, 1.165) is 4.88 Å². The summed E-state index contributed by atoms with van der Waals surface area (Å²) in [4.78, 5) is 36.7. The molecular formula is C12H12N2O3S. The molecule has 0 saturated carbocycles. The summed E-state index contributed by atoms with van der Waals surface area (Å²) in [6.45, 7) is 1.51. The predicted molar refractivity (Wildman–Crippen MR) is 67.7 cm³/mol. The van der Waals surface area contributed by atoms with Crippen molar-refractivity contribution in [3.05, 3.63) is 28.5 Å². The Hall–Kier alpha value is -1.95. The number of carbonyl (C=O) groups is 3. The van der Waals surface area contributed by atoms with Crippen LogP contribution in [-0.4, -0.2) is 35.2 Å². The summed E-state index contributed by atoms with van der Waals surface area (Å²) in [5.74, 6) is -1.22. The summed E-state index contributed by atoms with van der Waals surface area (Å²) in [5.41, 5.74) is 0. The van der Waals surface area contributed by atoms with Gasteiger partial charge in [-0.25, -0.2) is 0 Å². The van der Waals surface area contributed by atoms with Crippen LogP contribution in [0.1, 0.15) is 11.8 Å². The van der Waals surface area contributed by atoms with Crippen LogP contribution < -0.4 is 5.32 Å². The third-order valence-electron chi connectivity index (χ3n) is 2.64. The van der Waals surface area contributed by atoms with Crippen LogP contribution in [0.3, 0.4) is 0 Å².